The summed E-state index contributed by atoms with van der Waals surface area (Å²) in [7, 11) is 0. The topological polar surface area (TPSA) is 74.7 Å². The normalized spacial score (nSPS) is 11.0. The minimum absolute atomic E-state index is 0.0180. The summed E-state index contributed by atoms with van der Waals surface area (Å²) in [6.45, 7) is 0.0680. The molecule has 152 valence electrons. The molecule has 4 rings (SSSR count). The fourth-order valence-corrected chi connectivity index (χ4v) is 2.99. The van der Waals surface area contributed by atoms with Gasteiger partial charge in [-0.1, -0.05) is 5.21 Å². The van der Waals surface area contributed by atoms with E-state index in [1.807, 2.05) is 0 Å². The Morgan fingerprint density at radius 2 is 1.50 bits per heavy atom. The molecular weight excluding hydrogens is 399 g/mol. The quantitative estimate of drug-likeness (QED) is 0.470. The minimum Gasteiger partial charge on any atom is -0.303 e. The van der Waals surface area contributed by atoms with Crippen LogP contribution in [0.25, 0.3) is 5.69 Å². The number of aromatic nitrogens is 5. The molecule has 2 heterocycles. The molecule has 0 N–H and O–H groups in total. The van der Waals surface area contributed by atoms with Gasteiger partial charge < -0.3 is 4.57 Å². The Bertz CT molecular complexity index is 1310. The lowest BCUT2D eigenvalue weighted by atomic mass is 10.2. The van der Waals surface area contributed by atoms with E-state index in [1.54, 1.807) is 0 Å². The van der Waals surface area contributed by atoms with Gasteiger partial charge in [0, 0.05) is 24.1 Å². The molecular formula is C20H14F3N5O2. The lowest BCUT2D eigenvalue weighted by Crippen LogP contribution is -2.40. The van der Waals surface area contributed by atoms with Crippen molar-refractivity contribution in [2.45, 2.75) is 13.1 Å². The van der Waals surface area contributed by atoms with Crippen LogP contribution in [0.5, 0.6) is 0 Å². The Kier molecular flexibility index (Phi) is 5.05. The van der Waals surface area contributed by atoms with Crippen molar-refractivity contribution in [3.05, 3.63) is 110 Å². The van der Waals surface area contributed by atoms with Gasteiger partial charge in [-0.25, -0.2) is 17.9 Å². The van der Waals surface area contributed by atoms with Crippen molar-refractivity contribution in [1.29, 1.82) is 0 Å². The maximum absolute atomic E-state index is 13.3. The van der Waals surface area contributed by atoms with Gasteiger partial charge in [0.1, 0.15) is 23.1 Å². The van der Waals surface area contributed by atoms with Gasteiger partial charge in [-0.15, -0.1) is 5.10 Å². The number of hydrogen-bond donors (Lipinski definition) is 0. The predicted molar refractivity (Wildman–Crippen MR) is 101 cm³/mol. The maximum atomic E-state index is 13.3. The van der Waals surface area contributed by atoms with Crippen molar-refractivity contribution in [3.63, 3.8) is 0 Å². The zero-order valence-corrected chi connectivity index (χ0v) is 15.4. The largest absolute Gasteiger partial charge is 0.320 e. The third-order valence-electron chi connectivity index (χ3n) is 4.35. The molecule has 0 radical (unpaired) electrons. The highest BCUT2D eigenvalue weighted by Gasteiger charge is 2.10. The highest BCUT2D eigenvalue weighted by molar-refractivity contribution is 5.31. The summed E-state index contributed by atoms with van der Waals surface area (Å²) in [4.78, 5) is 24.8. The van der Waals surface area contributed by atoms with Crippen LogP contribution in [0.15, 0.2) is 70.6 Å². The third-order valence-corrected chi connectivity index (χ3v) is 4.35. The zero-order valence-electron chi connectivity index (χ0n) is 15.4. The van der Waals surface area contributed by atoms with Gasteiger partial charge in [0.25, 0.3) is 0 Å². The summed E-state index contributed by atoms with van der Waals surface area (Å²) in [5.74, 6) is -1.85. The van der Waals surface area contributed by atoms with Crippen LogP contribution in [0.1, 0.15) is 11.3 Å². The Labute approximate surface area is 167 Å². The second-order valence-corrected chi connectivity index (χ2v) is 6.57. The molecule has 30 heavy (non-hydrogen) atoms. The molecule has 10 heteroatoms. The van der Waals surface area contributed by atoms with Gasteiger partial charge >= 0.3 is 11.1 Å². The molecule has 0 amide bonds. The van der Waals surface area contributed by atoms with E-state index >= 15 is 0 Å². The van der Waals surface area contributed by atoms with Crippen molar-refractivity contribution in [2.24, 2.45) is 0 Å². The summed E-state index contributed by atoms with van der Waals surface area (Å²) in [5, 5.41) is 7.81. The highest BCUT2D eigenvalue weighted by atomic mass is 19.1. The molecule has 0 spiro atoms. The summed E-state index contributed by atoms with van der Waals surface area (Å²) >= 11 is 0. The average Bonchev–Trinajstić information content (AvgIpc) is 3.12. The van der Waals surface area contributed by atoms with Gasteiger partial charge in [-0.3, -0.25) is 14.2 Å². The van der Waals surface area contributed by atoms with Crippen LogP contribution < -0.4 is 11.1 Å². The van der Waals surface area contributed by atoms with Crippen molar-refractivity contribution in [1.82, 2.24) is 24.1 Å². The Morgan fingerprint density at radius 1 is 0.800 bits per heavy atom. The van der Waals surface area contributed by atoms with Crippen LogP contribution in [0.4, 0.5) is 13.2 Å². The number of nitrogens with zero attached hydrogens (tertiary/aromatic N) is 5. The predicted octanol–water partition coefficient (Wildman–Crippen LogP) is 2.10. The molecule has 0 saturated heterocycles. The minimum atomic E-state index is -0.799. The standard InChI is InChI=1S/C20H14F3N5O2/c21-14-1-3-18(4-2-14)28-6-5-26(19(29)20(28)30)11-17-12-27(25-24-17)10-13-7-15(22)9-16(23)8-13/h1-9,12H,10-11H2. The van der Waals surface area contributed by atoms with Crippen molar-refractivity contribution < 1.29 is 13.2 Å². The SMILES string of the molecule is O=c1c(=O)n(-c2ccc(F)cc2)ccn1Cc1cn(Cc2cc(F)cc(F)c2)nn1. The first-order valence-electron chi connectivity index (χ1n) is 8.81. The molecule has 0 unspecified atom stereocenters. The van der Waals surface area contributed by atoms with Crippen molar-refractivity contribution in [2.75, 3.05) is 0 Å². The van der Waals surface area contributed by atoms with Crippen LogP contribution in [0.3, 0.4) is 0 Å². The molecule has 2 aromatic carbocycles. The van der Waals surface area contributed by atoms with E-state index in [1.165, 1.54) is 64.2 Å². The van der Waals surface area contributed by atoms with Crippen LogP contribution in [-0.4, -0.2) is 24.1 Å². The zero-order chi connectivity index (χ0) is 21.3. The summed E-state index contributed by atoms with van der Waals surface area (Å²) in [5.41, 5.74) is -0.481. The fraction of sp³-hybridized carbons (Fsp3) is 0.100. The molecule has 0 fully saturated rings. The Morgan fingerprint density at radius 3 is 2.20 bits per heavy atom. The lowest BCUT2D eigenvalue weighted by molar-refractivity contribution is 0.572. The molecule has 0 aliphatic rings. The molecule has 0 bridgehead atoms. The third kappa shape index (κ3) is 4.07. The molecule has 2 aromatic heterocycles. The maximum Gasteiger partial charge on any atom is 0.320 e. The Hall–Kier alpha value is -3.95. The first-order valence-corrected chi connectivity index (χ1v) is 8.81. The van der Waals surface area contributed by atoms with E-state index in [0.29, 0.717) is 16.9 Å². The summed E-state index contributed by atoms with van der Waals surface area (Å²) in [6, 6.07) is 8.31. The molecule has 4 aromatic rings. The average molecular weight is 413 g/mol. The van der Waals surface area contributed by atoms with E-state index in [2.05, 4.69) is 10.3 Å². The van der Waals surface area contributed by atoms with Crippen LogP contribution >= 0.6 is 0 Å². The van der Waals surface area contributed by atoms with Gasteiger partial charge in [0.2, 0.25) is 0 Å². The smallest absolute Gasteiger partial charge is 0.303 e. The van der Waals surface area contributed by atoms with E-state index in [9.17, 15) is 22.8 Å². The summed E-state index contributed by atoms with van der Waals surface area (Å²) in [6.07, 6.45) is 4.33. The van der Waals surface area contributed by atoms with Gasteiger partial charge in [-0.05, 0) is 42.0 Å². The second-order valence-electron chi connectivity index (χ2n) is 6.57. The number of rotatable bonds is 5. The Balaban J connectivity index is 1.55. The summed E-state index contributed by atoms with van der Waals surface area (Å²) < 4.78 is 43.3. The number of benzene rings is 2. The van der Waals surface area contributed by atoms with E-state index in [0.717, 1.165) is 10.6 Å². The van der Waals surface area contributed by atoms with E-state index in [-0.39, 0.29) is 13.1 Å². The van der Waals surface area contributed by atoms with Crippen LogP contribution in [-0.2, 0) is 13.1 Å². The van der Waals surface area contributed by atoms with Crippen molar-refractivity contribution >= 4 is 0 Å². The van der Waals surface area contributed by atoms with Crippen molar-refractivity contribution in [3.8, 4) is 5.69 Å². The first-order chi connectivity index (χ1) is 14.4. The fourth-order valence-electron chi connectivity index (χ4n) is 2.99. The first kappa shape index (κ1) is 19.4. The van der Waals surface area contributed by atoms with Gasteiger partial charge in [0.15, 0.2) is 0 Å². The molecule has 0 saturated carbocycles. The van der Waals surface area contributed by atoms with Gasteiger partial charge in [-0.2, -0.15) is 0 Å². The van der Waals surface area contributed by atoms with Crippen LogP contribution in [0, 0.1) is 17.5 Å². The lowest BCUT2D eigenvalue weighted by Gasteiger charge is -2.08. The highest BCUT2D eigenvalue weighted by Crippen LogP contribution is 2.10. The second kappa shape index (κ2) is 7.82. The van der Waals surface area contributed by atoms with Crippen LogP contribution in [0.2, 0.25) is 0 Å². The number of hydrogen-bond acceptors (Lipinski definition) is 4. The molecule has 0 aliphatic carbocycles. The van der Waals surface area contributed by atoms with E-state index < -0.39 is 28.6 Å². The molecule has 7 nitrogen and oxygen atoms in total. The van der Waals surface area contributed by atoms with Gasteiger partial charge in [0.05, 0.1) is 19.3 Å². The molecule has 0 atom stereocenters. The van der Waals surface area contributed by atoms with E-state index in [4.69, 9.17) is 0 Å². The monoisotopic (exact) mass is 413 g/mol. The number of halogens is 3. The molecule has 0 aliphatic heterocycles.